The van der Waals surface area contributed by atoms with Gasteiger partial charge in [0, 0.05) is 11.5 Å². The second-order valence-corrected chi connectivity index (χ2v) is 7.49. The molecule has 2 rings (SSSR count). The van der Waals surface area contributed by atoms with Gasteiger partial charge in [0.05, 0.1) is 26.3 Å². The third kappa shape index (κ3) is 6.68. The summed E-state index contributed by atoms with van der Waals surface area (Å²) in [6, 6.07) is 6.51. The van der Waals surface area contributed by atoms with Gasteiger partial charge in [-0.3, -0.25) is 9.59 Å². The minimum Gasteiger partial charge on any atom is -0.497 e. The molecule has 0 aliphatic rings. The topological polar surface area (TPSA) is 90.7 Å². The van der Waals surface area contributed by atoms with E-state index in [-0.39, 0.29) is 18.7 Å². The maximum atomic E-state index is 13.6. The Bertz CT molecular complexity index is 916. The van der Waals surface area contributed by atoms with Gasteiger partial charge in [-0.05, 0) is 24.6 Å². The fraction of sp³-hybridized carbons (Fsp3) is 0.421. The maximum Gasteiger partial charge on any atom is 0.425 e. The van der Waals surface area contributed by atoms with Crippen molar-refractivity contribution in [2.24, 2.45) is 0 Å². The van der Waals surface area contributed by atoms with Crippen LogP contribution in [0.1, 0.15) is 24.5 Å². The molecule has 0 aliphatic carbocycles. The summed E-state index contributed by atoms with van der Waals surface area (Å²) in [6.45, 7) is 1.39. The lowest BCUT2D eigenvalue weighted by molar-refractivity contribution is -0.141. The lowest BCUT2D eigenvalue weighted by Gasteiger charge is -2.18. The van der Waals surface area contributed by atoms with Gasteiger partial charge in [0.2, 0.25) is 0 Å². The molecule has 0 saturated carbocycles. The minimum atomic E-state index is -4.92. The van der Waals surface area contributed by atoms with Crippen molar-refractivity contribution in [1.82, 2.24) is 9.78 Å². The van der Waals surface area contributed by atoms with Gasteiger partial charge in [-0.25, -0.2) is 4.68 Å². The van der Waals surface area contributed by atoms with Crippen LogP contribution in [0.4, 0.5) is 13.2 Å². The van der Waals surface area contributed by atoms with Gasteiger partial charge < -0.3 is 14.6 Å². The molecule has 0 saturated heterocycles. The molecule has 1 atom stereocenters. The highest BCUT2D eigenvalue weighted by atomic mass is 32.2. The fourth-order valence-corrected chi connectivity index (χ4v) is 3.39. The van der Waals surface area contributed by atoms with Gasteiger partial charge >= 0.3 is 12.1 Å². The Morgan fingerprint density at radius 3 is 2.53 bits per heavy atom. The van der Waals surface area contributed by atoms with Gasteiger partial charge in [0.1, 0.15) is 11.9 Å². The number of carboxylic acid groups (broad SMARTS) is 1. The number of benzene rings is 1. The maximum absolute atomic E-state index is 13.6. The van der Waals surface area contributed by atoms with Crippen molar-refractivity contribution in [3.8, 4) is 11.5 Å². The van der Waals surface area contributed by atoms with Gasteiger partial charge in [-0.2, -0.15) is 30.0 Å². The Labute approximate surface area is 174 Å². The van der Waals surface area contributed by atoms with E-state index in [0.29, 0.717) is 17.1 Å². The van der Waals surface area contributed by atoms with Crippen LogP contribution in [0, 0.1) is 0 Å². The number of hydrogen-bond acceptors (Lipinski definition) is 6. The molecule has 0 fully saturated rings. The highest BCUT2D eigenvalue weighted by molar-refractivity contribution is 7.99. The van der Waals surface area contributed by atoms with Crippen LogP contribution in [0.5, 0.6) is 11.5 Å². The SMILES string of the molecule is COc1ccc(Cn2ncc(OC(C)CSCCC(=O)O)c(C(F)(F)F)c2=O)cc1. The summed E-state index contributed by atoms with van der Waals surface area (Å²) >= 11 is 1.23. The number of halogens is 3. The van der Waals surface area contributed by atoms with E-state index in [1.165, 1.54) is 25.8 Å². The molecule has 30 heavy (non-hydrogen) atoms. The van der Waals surface area contributed by atoms with Crippen molar-refractivity contribution in [1.29, 1.82) is 0 Å². The van der Waals surface area contributed by atoms with Crippen LogP contribution >= 0.6 is 11.8 Å². The first-order valence-corrected chi connectivity index (χ1v) is 10.0. The molecular weight excluding hydrogens is 425 g/mol. The van der Waals surface area contributed by atoms with Gasteiger partial charge in [-0.15, -0.1) is 0 Å². The van der Waals surface area contributed by atoms with Crippen LogP contribution in [0.3, 0.4) is 0 Å². The van der Waals surface area contributed by atoms with Gasteiger partial charge in [-0.1, -0.05) is 12.1 Å². The molecule has 1 aromatic heterocycles. The van der Waals surface area contributed by atoms with E-state index in [9.17, 15) is 22.8 Å². The van der Waals surface area contributed by atoms with Crippen LogP contribution in [0.25, 0.3) is 0 Å². The van der Waals surface area contributed by atoms with E-state index in [4.69, 9.17) is 14.6 Å². The Hall–Kier alpha value is -2.69. The molecule has 0 radical (unpaired) electrons. The quantitative estimate of drug-likeness (QED) is 0.560. The Balaban J connectivity index is 2.20. The summed E-state index contributed by atoms with van der Waals surface area (Å²) in [5.41, 5.74) is -2.15. The molecule has 0 amide bonds. The second-order valence-electron chi connectivity index (χ2n) is 6.34. The first-order valence-electron chi connectivity index (χ1n) is 8.88. The van der Waals surface area contributed by atoms with Crippen molar-refractivity contribution >= 4 is 17.7 Å². The van der Waals surface area contributed by atoms with E-state index >= 15 is 0 Å². The van der Waals surface area contributed by atoms with Crippen LogP contribution < -0.4 is 15.0 Å². The number of thioether (sulfide) groups is 1. The number of nitrogens with zero attached hydrogens (tertiary/aromatic N) is 2. The number of ether oxygens (including phenoxy) is 2. The number of rotatable bonds is 10. The average Bonchev–Trinajstić information content (AvgIpc) is 2.67. The summed E-state index contributed by atoms with van der Waals surface area (Å²) in [6.07, 6.45) is -4.78. The molecule has 1 aromatic carbocycles. The van der Waals surface area contributed by atoms with Gasteiger partial charge in [0.15, 0.2) is 11.3 Å². The molecule has 1 heterocycles. The van der Waals surface area contributed by atoms with Crippen LogP contribution in [0.2, 0.25) is 0 Å². The molecule has 0 bridgehead atoms. The molecule has 0 aliphatic heterocycles. The number of aromatic nitrogens is 2. The average molecular weight is 446 g/mol. The molecule has 1 unspecified atom stereocenters. The Morgan fingerprint density at radius 2 is 1.97 bits per heavy atom. The van der Waals surface area contributed by atoms with Crippen LogP contribution in [-0.2, 0) is 17.5 Å². The number of methoxy groups -OCH3 is 1. The van der Waals surface area contributed by atoms with E-state index < -0.39 is 35.1 Å². The molecular formula is C19H21F3N2O5S. The molecule has 0 spiro atoms. The third-order valence-corrected chi connectivity index (χ3v) is 5.12. The summed E-state index contributed by atoms with van der Waals surface area (Å²) in [7, 11) is 1.49. The monoisotopic (exact) mass is 446 g/mol. The van der Waals surface area contributed by atoms with E-state index in [2.05, 4.69) is 5.10 Å². The highest BCUT2D eigenvalue weighted by Crippen LogP contribution is 2.33. The summed E-state index contributed by atoms with van der Waals surface area (Å²) in [5, 5.41) is 12.4. The smallest absolute Gasteiger partial charge is 0.425 e. The lowest BCUT2D eigenvalue weighted by Crippen LogP contribution is -2.32. The zero-order valence-corrected chi connectivity index (χ0v) is 17.1. The predicted octanol–water partition coefficient (Wildman–Crippen LogP) is 3.29. The number of aliphatic carboxylic acids is 1. The van der Waals surface area contributed by atoms with E-state index in [0.717, 1.165) is 10.9 Å². The summed E-state index contributed by atoms with van der Waals surface area (Å²) < 4.78 is 51.8. The van der Waals surface area contributed by atoms with Crippen molar-refractivity contribution < 1.29 is 32.5 Å². The fourth-order valence-electron chi connectivity index (χ4n) is 2.50. The summed E-state index contributed by atoms with van der Waals surface area (Å²) in [4.78, 5) is 23.0. The normalized spacial score (nSPS) is 12.4. The number of hydrogen-bond donors (Lipinski definition) is 1. The number of alkyl halides is 3. The zero-order valence-electron chi connectivity index (χ0n) is 16.3. The van der Waals surface area contributed by atoms with Crippen molar-refractivity contribution in [2.75, 3.05) is 18.6 Å². The lowest BCUT2D eigenvalue weighted by atomic mass is 10.2. The van der Waals surface area contributed by atoms with Crippen molar-refractivity contribution in [2.45, 2.75) is 32.2 Å². The Morgan fingerprint density at radius 1 is 1.30 bits per heavy atom. The van der Waals surface area contributed by atoms with Crippen molar-refractivity contribution in [3.05, 3.63) is 51.9 Å². The molecule has 1 N–H and O–H groups in total. The molecule has 7 nitrogen and oxygen atoms in total. The number of carbonyl (C=O) groups is 1. The largest absolute Gasteiger partial charge is 0.497 e. The Kier molecular flexibility index (Phi) is 8.16. The van der Waals surface area contributed by atoms with Crippen molar-refractivity contribution in [3.63, 3.8) is 0 Å². The zero-order chi connectivity index (χ0) is 22.3. The first-order chi connectivity index (χ1) is 14.1. The predicted molar refractivity (Wildman–Crippen MR) is 105 cm³/mol. The molecule has 11 heteroatoms. The van der Waals surface area contributed by atoms with Crippen LogP contribution in [-0.4, -0.2) is 45.6 Å². The van der Waals surface area contributed by atoms with E-state index in [1.54, 1.807) is 24.3 Å². The van der Waals surface area contributed by atoms with Gasteiger partial charge in [0.25, 0.3) is 5.56 Å². The third-order valence-electron chi connectivity index (χ3n) is 3.92. The molecule has 2 aromatic rings. The standard InChI is InChI=1S/C19H21F3N2O5S/c1-12(11-30-8-7-16(25)26)29-15-9-23-24(18(27)17(15)19(20,21)22)10-13-3-5-14(28-2)6-4-13/h3-6,9,12H,7-8,10-11H2,1-2H3,(H,25,26). The number of carboxylic acids is 1. The second kappa shape index (κ2) is 10.4. The summed E-state index contributed by atoms with van der Waals surface area (Å²) in [5.74, 6) is -0.463. The first kappa shape index (κ1) is 23.6. The highest BCUT2D eigenvalue weighted by Gasteiger charge is 2.39. The van der Waals surface area contributed by atoms with Crippen LogP contribution in [0.15, 0.2) is 35.3 Å². The minimum absolute atomic E-state index is 0.0614. The molecule has 164 valence electrons. The van der Waals surface area contributed by atoms with E-state index in [1.807, 2.05) is 0 Å².